The molecule has 0 rings (SSSR count). The maximum Gasteiger partial charge on any atom is 0.0701 e. The molecule has 0 radical (unpaired) electrons. The van der Waals surface area contributed by atoms with Gasteiger partial charge in [-0.2, -0.15) is 0 Å². The molecule has 0 aromatic rings. The molecule has 5 heteroatoms. The van der Waals surface area contributed by atoms with E-state index in [1.54, 1.807) is 0 Å². The molecule has 0 heterocycles. The number of aliphatic hydroxyl groups excluding tert-OH is 1. The monoisotopic (exact) mass is 236 g/mol. The van der Waals surface area contributed by atoms with Crippen molar-refractivity contribution < 1.29 is 24.1 Å². The summed E-state index contributed by atoms with van der Waals surface area (Å²) in [6.07, 6.45) is 0.681. The second-order valence-electron chi connectivity index (χ2n) is 3.11. The Balaban J connectivity index is 2.83. The average Bonchev–Trinajstić information content (AvgIpc) is 2.31. The molecule has 98 valence electrons. The van der Waals surface area contributed by atoms with E-state index in [4.69, 9.17) is 24.1 Å². The average molecular weight is 236 g/mol. The lowest BCUT2D eigenvalue weighted by atomic mass is 10.5. The lowest BCUT2D eigenvalue weighted by Crippen LogP contribution is -2.12. The number of ether oxygens (including phenoxy) is 4. The van der Waals surface area contributed by atoms with Crippen LogP contribution in [0.25, 0.3) is 0 Å². The Morgan fingerprint density at radius 1 is 0.688 bits per heavy atom. The van der Waals surface area contributed by atoms with E-state index in [9.17, 15) is 0 Å². The zero-order chi connectivity index (χ0) is 11.9. The Kier molecular flexibility index (Phi) is 14.6. The summed E-state index contributed by atoms with van der Waals surface area (Å²) >= 11 is 0. The summed E-state index contributed by atoms with van der Waals surface area (Å²) in [5.41, 5.74) is 0. The molecule has 0 fully saturated rings. The summed E-state index contributed by atoms with van der Waals surface area (Å²) in [6, 6.07) is 0. The van der Waals surface area contributed by atoms with Gasteiger partial charge in [0.2, 0.25) is 0 Å². The first-order valence-corrected chi connectivity index (χ1v) is 5.83. The second-order valence-corrected chi connectivity index (χ2v) is 3.11. The summed E-state index contributed by atoms with van der Waals surface area (Å²) in [4.78, 5) is 0. The van der Waals surface area contributed by atoms with Crippen molar-refractivity contribution in [3.05, 3.63) is 0 Å². The lowest BCUT2D eigenvalue weighted by molar-refractivity contribution is -0.00168. The quantitative estimate of drug-likeness (QED) is 0.471. The highest BCUT2D eigenvalue weighted by molar-refractivity contribution is 4.35. The fourth-order valence-electron chi connectivity index (χ4n) is 0.971. The van der Waals surface area contributed by atoms with Crippen LogP contribution in [-0.2, 0) is 18.9 Å². The molecule has 0 aliphatic carbocycles. The summed E-state index contributed by atoms with van der Waals surface area (Å²) < 4.78 is 20.8. The number of aliphatic hydroxyl groups is 1. The summed E-state index contributed by atoms with van der Waals surface area (Å²) in [7, 11) is 0. The Morgan fingerprint density at radius 2 is 1.12 bits per heavy atom. The molecule has 0 unspecified atom stereocenters. The van der Waals surface area contributed by atoms with Crippen molar-refractivity contribution in [3.63, 3.8) is 0 Å². The van der Waals surface area contributed by atoms with E-state index in [-0.39, 0.29) is 6.61 Å². The molecule has 0 saturated carbocycles. The van der Waals surface area contributed by atoms with E-state index >= 15 is 0 Å². The van der Waals surface area contributed by atoms with Crippen LogP contribution in [0, 0.1) is 0 Å². The third-order valence-corrected chi connectivity index (χ3v) is 1.77. The van der Waals surface area contributed by atoms with Gasteiger partial charge in [0.15, 0.2) is 0 Å². The van der Waals surface area contributed by atoms with Crippen LogP contribution in [0.3, 0.4) is 0 Å². The van der Waals surface area contributed by atoms with Gasteiger partial charge in [0.25, 0.3) is 0 Å². The summed E-state index contributed by atoms with van der Waals surface area (Å²) in [5, 5.41) is 8.49. The number of rotatable bonds is 13. The molecular formula is C11H24O5. The van der Waals surface area contributed by atoms with Crippen molar-refractivity contribution in [2.75, 3.05) is 59.5 Å². The highest BCUT2D eigenvalue weighted by Crippen LogP contribution is 1.84. The predicted molar refractivity (Wildman–Crippen MR) is 60.7 cm³/mol. The third kappa shape index (κ3) is 13.8. The van der Waals surface area contributed by atoms with Crippen LogP contribution in [0.4, 0.5) is 0 Å². The van der Waals surface area contributed by atoms with Crippen molar-refractivity contribution in [2.45, 2.75) is 13.3 Å². The topological polar surface area (TPSA) is 57.2 Å². The van der Waals surface area contributed by atoms with E-state index < -0.39 is 0 Å². The fraction of sp³-hybridized carbons (Fsp3) is 1.00. The van der Waals surface area contributed by atoms with Gasteiger partial charge in [-0.3, -0.25) is 0 Å². The third-order valence-electron chi connectivity index (χ3n) is 1.77. The van der Waals surface area contributed by atoms with Crippen LogP contribution >= 0.6 is 0 Å². The smallest absolute Gasteiger partial charge is 0.0701 e. The van der Waals surface area contributed by atoms with Gasteiger partial charge in [-0.1, -0.05) is 0 Å². The summed E-state index contributed by atoms with van der Waals surface area (Å²) in [5.74, 6) is 0. The van der Waals surface area contributed by atoms with Crippen molar-refractivity contribution >= 4 is 0 Å². The molecule has 0 aromatic carbocycles. The van der Waals surface area contributed by atoms with Crippen molar-refractivity contribution in [3.8, 4) is 0 Å². The molecule has 0 saturated heterocycles. The van der Waals surface area contributed by atoms with Crippen molar-refractivity contribution in [1.29, 1.82) is 0 Å². The van der Waals surface area contributed by atoms with Gasteiger partial charge < -0.3 is 24.1 Å². The molecule has 0 amide bonds. The van der Waals surface area contributed by atoms with Gasteiger partial charge in [-0.25, -0.2) is 0 Å². The maximum atomic E-state index is 8.49. The van der Waals surface area contributed by atoms with Crippen LogP contribution in [0.5, 0.6) is 0 Å². The minimum Gasteiger partial charge on any atom is -0.396 e. The van der Waals surface area contributed by atoms with E-state index in [2.05, 4.69) is 0 Å². The SMILES string of the molecule is CCOCCOCCOCCOCCCO. The molecule has 0 spiro atoms. The second kappa shape index (κ2) is 14.8. The highest BCUT2D eigenvalue weighted by Gasteiger charge is 1.91. The Hall–Kier alpha value is -0.200. The molecular weight excluding hydrogens is 212 g/mol. The van der Waals surface area contributed by atoms with Crippen molar-refractivity contribution in [1.82, 2.24) is 0 Å². The molecule has 5 nitrogen and oxygen atoms in total. The van der Waals surface area contributed by atoms with Gasteiger partial charge in [0, 0.05) is 19.8 Å². The first kappa shape index (κ1) is 15.8. The first-order chi connectivity index (χ1) is 7.91. The van der Waals surface area contributed by atoms with E-state index in [1.165, 1.54) is 0 Å². The van der Waals surface area contributed by atoms with E-state index in [0.717, 1.165) is 6.61 Å². The van der Waals surface area contributed by atoms with E-state index in [0.29, 0.717) is 52.7 Å². The first-order valence-electron chi connectivity index (χ1n) is 5.83. The largest absolute Gasteiger partial charge is 0.396 e. The van der Waals surface area contributed by atoms with Crippen LogP contribution < -0.4 is 0 Å². The molecule has 16 heavy (non-hydrogen) atoms. The van der Waals surface area contributed by atoms with Crippen LogP contribution in [0.1, 0.15) is 13.3 Å². The van der Waals surface area contributed by atoms with Crippen molar-refractivity contribution in [2.24, 2.45) is 0 Å². The van der Waals surface area contributed by atoms with Gasteiger partial charge in [-0.05, 0) is 13.3 Å². The standard InChI is InChI=1S/C11H24O5/c1-2-13-6-7-15-10-11-16-9-8-14-5-3-4-12/h12H,2-11H2,1H3. The molecule has 0 aliphatic rings. The Bertz CT molecular complexity index is 107. The molecule has 0 bridgehead atoms. The van der Waals surface area contributed by atoms with E-state index in [1.807, 2.05) is 6.92 Å². The normalized spacial score (nSPS) is 10.9. The Morgan fingerprint density at radius 3 is 1.56 bits per heavy atom. The minimum atomic E-state index is 0.175. The van der Waals surface area contributed by atoms with Crippen LogP contribution in [0.15, 0.2) is 0 Å². The van der Waals surface area contributed by atoms with Gasteiger partial charge in [0.1, 0.15) is 0 Å². The lowest BCUT2D eigenvalue weighted by Gasteiger charge is -2.06. The Labute approximate surface area is 97.6 Å². The number of hydrogen-bond acceptors (Lipinski definition) is 5. The highest BCUT2D eigenvalue weighted by atomic mass is 16.6. The zero-order valence-electron chi connectivity index (χ0n) is 10.2. The van der Waals surface area contributed by atoms with Gasteiger partial charge in [-0.15, -0.1) is 0 Å². The molecule has 0 atom stereocenters. The van der Waals surface area contributed by atoms with Gasteiger partial charge in [0.05, 0.1) is 39.6 Å². The molecule has 1 N–H and O–H groups in total. The van der Waals surface area contributed by atoms with Gasteiger partial charge >= 0.3 is 0 Å². The number of hydrogen-bond donors (Lipinski definition) is 1. The van der Waals surface area contributed by atoms with Crippen LogP contribution in [-0.4, -0.2) is 64.6 Å². The fourth-order valence-corrected chi connectivity index (χ4v) is 0.971. The molecule has 0 aromatic heterocycles. The molecule has 0 aliphatic heterocycles. The minimum absolute atomic E-state index is 0.175. The summed E-state index contributed by atoms with van der Waals surface area (Å²) in [6.45, 7) is 7.01. The zero-order valence-corrected chi connectivity index (χ0v) is 10.2. The predicted octanol–water partition coefficient (Wildman–Crippen LogP) is 0.455. The van der Waals surface area contributed by atoms with Crippen LogP contribution in [0.2, 0.25) is 0 Å². The maximum absolute atomic E-state index is 8.49.